The molecule has 1 aromatic rings. The zero-order valence-electron chi connectivity index (χ0n) is 6.80. The molecule has 0 fully saturated rings. The van der Waals surface area contributed by atoms with E-state index in [0.717, 1.165) is 0 Å². The first-order valence-electron chi connectivity index (χ1n) is 3.36. The van der Waals surface area contributed by atoms with Gasteiger partial charge in [0.05, 0.1) is 12.7 Å². The van der Waals surface area contributed by atoms with Crippen molar-refractivity contribution in [1.82, 2.24) is 4.98 Å². The van der Waals surface area contributed by atoms with E-state index in [4.69, 9.17) is 16.3 Å². The molecular weight excluding hydrogens is 178 g/mol. The van der Waals surface area contributed by atoms with Crippen molar-refractivity contribution in [3.63, 3.8) is 0 Å². The van der Waals surface area contributed by atoms with Crippen LogP contribution in [0.15, 0.2) is 12.1 Å². The number of Topliss-reactive ketones (excluding diaryl/α,β-unsaturated/α-hetero) is 1. The lowest BCUT2D eigenvalue weighted by atomic mass is 10.2. The molecule has 1 heterocycles. The summed E-state index contributed by atoms with van der Waals surface area (Å²) in [6, 6.07) is 3.15. The van der Waals surface area contributed by atoms with Gasteiger partial charge in [-0.1, -0.05) is 11.6 Å². The highest BCUT2D eigenvalue weighted by Gasteiger charge is 2.08. The Hall–Kier alpha value is -1.09. The number of aromatic nitrogens is 1. The number of carbonyl (C=O) groups excluding carboxylic acids is 1. The van der Waals surface area contributed by atoms with Crippen molar-refractivity contribution in [2.24, 2.45) is 0 Å². The average Bonchev–Trinajstić information content (AvgIpc) is 2.03. The summed E-state index contributed by atoms with van der Waals surface area (Å²) >= 11 is 5.60. The molecule has 0 bridgehead atoms. The quantitative estimate of drug-likeness (QED) is 0.522. The van der Waals surface area contributed by atoms with Crippen LogP contribution in [0.25, 0.3) is 0 Å². The zero-order chi connectivity index (χ0) is 9.14. The molecule has 1 aromatic heterocycles. The third-order valence-corrected chi connectivity index (χ3v) is 1.61. The predicted octanol–water partition coefficient (Wildman–Crippen LogP) is 1.95. The van der Waals surface area contributed by atoms with Crippen LogP contribution in [-0.2, 0) is 0 Å². The standard InChI is InChI=1S/C8H8ClNO2/c1-5(11)6-3-4-7(9)10-8(6)12-2/h3-4H,1-2H3. The SMILES string of the molecule is COc1nc(Cl)ccc1C(C)=O. The van der Waals surface area contributed by atoms with E-state index in [0.29, 0.717) is 10.7 Å². The molecule has 0 saturated carbocycles. The molecule has 4 heteroatoms. The molecule has 0 saturated heterocycles. The number of rotatable bonds is 2. The maximum atomic E-state index is 11.0. The fourth-order valence-corrected chi connectivity index (χ4v) is 0.981. The van der Waals surface area contributed by atoms with Gasteiger partial charge in [-0.25, -0.2) is 4.98 Å². The third-order valence-electron chi connectivity index (χ3n) is 1.40. The van der Waals surface area contributed by atoms with Crippen LogP contribution in [0.5, 0.6) is 5.88 Å². The molecule has 1 rings (SSSR count). The number of halogens is 1. The van der Waals surface area contributed by atoms with Crippen molar-refractivity contribution < 1.29 is 9.53 Å². The molecule has 0 amide bonds. The number of ether oxygens (including phenoxy) is 1. The zero-order valence-corrected chi connectivity index (χ0v) is 7.55. The van der Waals surface area contributed by atoms with Gasteiger partial charge in [-0.2, -0.15) is 0 Å². The normalized spacial score (nSPS) is 9.58. The lowest BCUT2D eigenvalue weighted by Gasteiger charge is -2.03. The minimum atomic E-state index is -0.0870. The number of carbonyl (C=O) groups is 1. The van der Waals surface area contributed by atoms with E-state index in [9.17, 15) is 4.79 Å². The van der Waals surface area contributed by atoms with Gasteiger partial charge in [0.15, 0.2) is 5.78 Å². The maximum absolute atomic E-state index is 11.0. The fraction of sp³-hybridized carbons (Fsp3) is 0.250. The van der Waals surface area contributed by atoms with E-state index in [1.165, 1.54) is 14.0 Å². The first-order valence-corrected chi connectivity index (χ1v) is 3.74. The average molecular weight is 186 g/mol. The second-order valence-electron chi connectivity index (χ2n) is 2.25. The smallest absolute Gasteiger partial charge is 0.225 e. The monoisotopic (exact) mass is 185 g/mol. The summed E-state index contributed by atoms with van der Waals surface area (Å²) in [6.07, 6.45) is 0. The summed E-state index contributed by atoms with van der Waals surface area (Å²) in [5, 5.41) is 0.317. The minimum Gasteiger partial charge on any atom is -0.480 e. The van der Waals surface area contributed by atoms with Crippen molar-refractivity contribution in [3.05, 3.63) is 22.8 Å². The molecule has 0 aliphatic carbocycles. The Kier molecular flexibility index (Phi) is 2.65. The summed E-state index contributed by atoms with van der Waals surface area (Å²) in [5.41, 5.74) is 0.446. The van der Waals surface area contributed by atoms with Crippen LogP contribution in [0, 0.1) is 0 Å². The Morgan fingerprint density at radius 3 is 2.75 bits per heavy atom. The number of ketones is 1. The number of hydrogen-bond acceptors (Lipinski definition) is 3. The molecule has 3 nitrogen and oxygen atoms in total. The van der Waals surface area contributed by atoms with Crippen LogP contribution in [0.4, 0.5) is 0 Å². The van der Waals surface area contributed by atoms with Crippen LogP contribution in [0.2, 0.25) is 5.15 Å². The molecule has 0 spiro atoms. The Morgan fingerprint density at radius 1 is 1.58 bits per heavy atom. The topological polar surface area (TPSA) is 39.2 Å². The van der Waals surface area contributed by atoms with Gasteiger partial charge < -0.3 is 4.74 Å². The van der Waals surface area contributed by atoms with Gasteiger partial charge in [0.25, 0.3) is 0 Å². The Balaban J connectivity index is 3.20. The fourth-order valence-electron chi connectivity index (χ4n) is 0.841. The van der Waals surface area contributed by atoms with Gasteiger partial charge in [0.1, 0.15) is 5.15 Å². The maximum Gasteiger partial charge on any atom is 0.225 e. The third kappa shape index (κ3) is 1.74. The molecule has 0 aliphatic heterocycles. The lowest BCUT2D eigenvalue weighted by molar-refractivity contribution is 0.101. The number of nitrogens with zero attached hydrogens (tertiary/aromatic N) is 1. The Bertz CT molecular complexity index is 312. The first kappa shape index (κ1) is 9.00. The van der Waals surface area contributed by atoms with Gasteiger partial charge in [-0.3, -0.25) is 4.79 Å². The van der Waals surface area contributed by atoms with Crippen LogP contribution in [0.3, 0.4) is 0 Å². The van der Waals surface area contributed by atoms with Crippen molar-refractivity contribution in [1.29, 1.82) is 0 Å². The summed E-state index contributed by atoms with van der Waals surface area (Å²) in [7, 11) is 1.45. The first-order chi connectivity index (χ1) is 5.65. The van der Waals surface area contributed by atoms with Gasteiger partial charge in [-0.05, 0) is 19.1 Å². The Labute approximate surface area is 75.3 Å². The van der Waals surface area contributed by atoms with Crippen LogP contribution >= 0.6 is 11.6 Å². The van der Waals surface area contributed by atoms with Crippen molar-refractivity contribution in [3.8, 4) is 5.88 Å². The molecule has 12 heavy (non-hydrogen) atoms. The van der Waals surface area contributed by atoms with E-state index in [1.807, 2.05) is 0 Å². The van der Waals surface area contributed by atoms with Crippen LogP contribution in [0.1, 0.15) is 17.3 Å². The van der Waals surface area contributed by atoms with Gasteiger partial charge in [-0.15, -0.1) is 0 Å². The molecule has 0 radical (unpaired) electrons. The summed E-state index contributed by atoms with van der Waals surface area (Å²) in [6.45, 7) is 1.45. The molecule has 64 valence electrons. The highest BCUT2D eigenvalue weighted by molar-refractivity contribution is 6.29. The number of methoxy groups -OCH3 is 1. The molecular formula is C8H8ClNO2. The number of pyridine rings is 1. The highest BCUT2D eigenvalue weighted by atomic mass is 35.5. The largest absolute Gasteiger partial charge is 0.480 e. The molecule has 0 N–H and O–H groups in total. The minimum absolute atomic E-state index is 0.0870. The van der Waals surface area contributed by atoms with Gasteiger partial charge >= 0.3 is 0 Å². The summed E-state index contributed by atoms with van der Waals surface area (Å²) < 4.78 is 4.87. The summed E-state index contributed by atoms with van der Waals surface area (Å²) in [4.78, 5) is 14.8. The molecule has 0 aliphatic rings. The van der Waals surface area contributed by atoms with E-state index in [2.05, 4.69) is 4.98 Å². The van der Waals surface area contributed by atoms with E-state index in [1.54, 1.807) is 12.1 Å². The van der Waals surface area contributed by atoms with Crippen molar-refractivity contribution >= 4 is 17.4 Å². The second kappa shape index (κ2) is 3.54. The second-order valence-corrected chi connectivity index (χ2v) is 2.63. The molecule has 0 aromatic carbocycles. The molecule has 0 unspecified atom stereocenters. The lowest BCUT2D eigenvalue weighted by Crippen LogP contribution is -1.99. The van der Waals surface area contributed by atoms with Gasteiger partial charge in [0.2, 0.25) is 5.88 Å². The Morgan fingerprint density at radius 2 is 2.25 bits per heavy atom. The predicted molar refractivity (Wildman–Crippen MR) is 45.8 cm³/mol. The van der Waals surface area contributed by atoms with E-state index in [-0.39, 0.29) is 11.7 Å². The van der Waals surface area contributed by atoms with Crippen molar-refractivity contribution in [2.75, 3.05) is 7.11 Å². The highest BCUT2D eigenvalue weighted by Crippen LogP contribution is 2.18. The molecule has 0 atom stereocenters. The van der Waals surface area contributed by atoms with E-state index >= 15 is 0 Å². The van der Waals surface area contributed by atoms with Crippen LogP contribution < -0.4 is 4.74 Å². The summed E-state index contributed by atoms with van der Waals surface area (Å²) in [5.74, 6) is 0.186. The number of hydrogen-bond donors (Lipinski definition) is 0. The van der Waals surface area contributed by atoms with E-state index < -0.39 is 0 Å². The van der Waals surface area contributed by atoms with Crippen molar-refractivity contribution in [2.45, 2.75) is 6.92 Å². The van der Waals surface area contributed by atoms with Gasteiger partial charge in [0, 0.05) is 0 Å². The van der Waals surface area contributed by atoms with Crippen LogP contribution in [-0.4, -0.2) is 17.9 Å².